The summed E-state index contributed by atoms with van der Waals surface area (Å²) in [4.78, 5) is 29.8. The lowest BCUT2D eigenvalue weighted by Crippen LogP contribution is -2.51. The molecule has 6 heteroatoms. The predicted molar refractivity (Wildman–Crippen MR) is 93.3 cm³/mol. The van der Waals surface area contributed by atoms with Gasteiger partial charge in [-0.05, 0) is 44.2 Å². The zero-order valence-electron chi connectivity index (χ0n) is 14.9. The molecule has 1 aliphatic carbocycles. The maximum atomic E-state index is 13.0. The molecule has 0 aromatic carbocycles. The minimum absolute atomic E-state index is 0.0792. The molecule has 3 aliphatic rings. The summed E-state index contributed by atoms with van der Waals surface area (Å²) in [5.74, 6) is 0.291. The minimum atomic E-state index is -0.376. The van der Waals surface area contributed by atoms with Crippen molar-refractivity contribution in [3.8, 4) is 0 Å². The van der Waals surface area contributed by atoms with Crippen LogP contribution in [-0.2, 0) is 9.53 Å². The molecule has 1 aromatic rings. The Balaban J connectivity index is 1.47. The van der Waals surface area contributed by atoms with Crippen LogP contribution in [0.1, 0.15) is 48.6 Å². The van der Waals surface area contributed by atoms with Gasteiger partial charge in [-0.1, -0.05) is 0 Å². The van der Waals surface area contributed by atoms with E-state index in [9.17, 15) is 9.59 Å². The van der Waals surface area contributed by atoms with Crippen LogP contribution < -0.4 is 0 Å². The molecule has 6 nitrogen and oxygen atoms in total. The SMILES string of the molecule is COCCN1CCC[C@@]2(CCN(C(=O)c3cccn3C3CC3)C2)C1=O. The highest BCUT2D eigenvalue weighted by Gasteiger charge is 2.49. The Morgan fingerprint density at radius 3 is 2.92 bits per heavy atom. The Morgan fingerprint density at radius 2 is 2.16 bits per heavy atom. The van der Waals surface area contributed by atoms with Crippen molar-refractivity contribution in [1.29, 1.82) is 0 Å². The normalized spacial score (nSPS) is 26.7. The van der Waals surface area contributed by atoms with Crippen molar-refractivity contribution >= 4 is 11.8 Å². The first kappa shape index (κ1) is 16.6. The van der Waals surface area contributed by atoms with Gasteiger partial charge in [0, 0.05) is 45.5 Å². The van der Waals surface area contributed by atoms with Crippen molar-refractivity contribution in [2.45, 2.75) is 38.1 Å². The Hall–Kier alpha value is -1.82. The van der Waals surface area contributed by atoms with Gasteiger partial charge in [-0.2, -0.15) is 0 Å². The number of methoxy groups -OCH3 is 1. The Bertz CT molecular complexity index is 667. The topological polar surface area (TPSA) is 54.8 Å². The van der Waals surface area contributed by atoms with Crippen LogP contribution in [-0.4, -0.2) is 66.1 Å². The van der Waals surface area contributed by atoms with Gasteiger partial charge in [-0.3, -0.25) is 9.59 Å². The van der Waals surface area contributed by atoms with Crippen LogP contribution in [0.4, 0.5) is 0 Å². The number of carbonyl (C=O) groups is 2. The number of rotatable bonds is 5. The molecule has 4 rings (SSSR count). The molecule has 1 saturated carbocycles. The first-order valence-corrected chi connectivity index (χ1v) is 9.39. The summed E-state index contributed by atoms with van der Waals surface area (Å²) in [6.45, 7) is 3.26. The van der Waals surface area contributed by atoms with E-state index in [0.29, 0.717) is 32.3 Å². The average Bonchev–Trinajstić information content (AvgIpc) is 3.19. The number of amides is 2. The maximum absolute atomic E-state index is 13.0. The summed E-state index contributed by atoms with van der Waals surface area (Å²) in [5, 5.41) is 0. The molecule has 25 heavy (non-hydrogen) atoms. The van der Waals surface area contributed by atoms with E-state index in [1.165, 1.54) is 0 Å². The molecule has 3 heterocycles. The number of aromatic nitrogens is 1. The molecule has 1 aromatic heterocycles. The lowest BCUT2D eigenvalue weighted by Gasteiger charge is -2.39. The number of carbonyl (C=O) groups excluding carboxylic acids is 2. The third kappa shape index (κ3) is 2.97. The number of hydrogen-bond acceptors (Lipinski definition) is 3. The van der Waals surface area contributed by atoms with E-state index in [-0.39, 0.29) is 17.2 Å². The van der Waals surface area contributed by atoms with Gasteiger partial charge < -0.3 is 19.1 Å². The summed E-state index contributed by atoms with van der Waals surface area (Å²) in [6, 6.07) is 4.36. The first-order chi connectivity index (χ1) is 12.1. The fourth-order valence-electron chi connectivity index (χ4n) is 4.40. The summed E-state index contributed by atoms with van der Waals surface area (Å²) in [7, 11) is 1.66. The lowest BCUT2D eigenvalue weighted by atomic mass is 9.78. The van der Waals surface area contributed by atoms with Gasteiger partial charge in [0.2, 0.25) is 5.91 Å². The molecule has 0 radical (unpaired) electrons. The van der Waals surface area contributed by atoms with Crippen LogP contribution in [0.25, 0.3) is 0 Å². The second-order valence-corrected chi connectivity index (χ2v) is 7.68. The van der Waals surface area contributed by atoms with E-state index >= 15 is 0 Å². The first-order valence-electron chi connectivity index (χ1n) is 9.39. The van der Waals surface area contributed by atoms with Crippen LogP contribution in [0.15, 0.2) is 18.3 Å². The summed E-state index contributed by atoms with van der Waals surface area (Å²) >= 11 is 0. The average molecular weight is 345 g/mol. The molecule has 0 bridgehead atoms. The zero-order valence-corrected chi connectivity index (χ0v) is 14.9. The maximum Gasteiger partial charge on any atom is 0.270 e. The largest absolute Gasteiger partial charge is 0.383 e. The van der Waals surface area contributed by atoms with Gasteiger partial charge in [0.1, 0.15) is 5.69 Å². The van der Waals surface area contributed by atoms with Crippen LogP contribution >= 0.6 is 0 Å². The van der Waals surface area contributed by atoms with Crippen LogP contribution in [0.3, 0.4) is 0 Å². The zero-order chi connectivity index (χ0) is 17.4. The molecule has 2 saturated heterocycles. The lowest BCUT2D eigenvalue weighted by molar-refractivity contribution is -0.146. The minimum Gasteiger partial charge on any atom is -0.383 e. The van der Waals surface area contributed by atoms with Crippen molar-refractivity contribution in [3.05, 3.63) is 24.0 Å². The second kappa shape index (κ2) is 6.48. The summed E-state index contributed by atoms with van der Waals surface area (Å²) in [5.41, 5.74) is 0.401. The molecular weight excluding hydrogens is 318 g/mol. The highest BCUT2D eigenvalue weighted by Crippen LogP contribution is 2.41. The van der Waals surface area contributed by atoms with Gasteiger partial charge in [0.05, 0.1) is 12.0 Å². The van der Waals surface area contributed by atoms with Crippen molar-refractivity contribution in [1.82, 2.24) is 14.4 Å². The molecule has 0 unspecified atom stereocenters. The number of nitrogens with zero attached hydrogens (tertiary/aromatic N) is 3. The smallest absolute Gasteiger partial charge is 0.270 e. The van der Waals surface area contributed by atoms with Crippen molar-refractivity contribution < 1.29 is 14.3 Å². The van der Waals surface area contributed by atoms with E-state index in [2.05, 4.69) is 4.57 Å². The molecular formula is C19H27N3O3. The standard InChI is InChI=1S/C19H27N3O3/c1-25-13-12-20-9-3-7-19(18(20)24)8-11-21(14-19)17(23)16-4-2-10-22(16)15-5-6-15/h2,4,10,15H,3,5-9,11-14H2,1H3/t19-/m0/s1. The molecule has 2 amide bonds. The van der Waals surface area contributed by atoms with Gasteiger partial charge in [-0.15, -0.1) is 0 Å². The Morgan fingerprint density at radius 1 is 1.32 bits per heavy atom. The van der Waals surface area contributed by atoms with E-state index in [4.69, 9.17) is 4.74 Å². The molecule has 2 aliphatic heterocycles. The van der Waals surface area contributed by atoms with E-state index in [1.807, 2.05) is 28.1 Å². The predicted octanol–water partition coefficient (Wildman–Crippen LogP) is 1.92. The highest BCUT2D eigenvalue weighted by atomic mass is 16.5. The third-order valence-corrected chi connectivity index (χ3v) is 5.97. The van der Waals surface area contributed by atoms with Crippen LogP contribution in [0.2, 0.25) is 0 Å². The highest BCUT2D eigenvalue weighted by molar-refractivity contribution is 5.94. The van der Waals surface area contributed by atoms with Crippen molar-refractivity contribution in [2.75, 3.05) is 39.9 Å². The van der Waals surface area contributed by atoms with Gasteiger partial charge in [0.15, 0.2) is 0 Å². The quantitative estimate of drug-likeness (QED) is 0.819. The van der Waals surface area contributed by atoms with Crippen LogP contribution in [0, 0.1) is 5.41 Å². The molecule has 1 spiro atoms. The van der Waals surface area contributed by atoms with E-state index < -0.39 is 0 Å². The van der Waals surface area contributed by atoms with E-state index in [1.54, 1.807) is 7.11 Å². The summed E-state index contributed by atoms with van der Waals surface area (Å²) < 4.78 is 7.24. The molecule has 136 valence electrons. The van der Waals surface area contributed by atoms with Gasteiger partial charge >= 0.3 is 0 Å². The molecule has 3 fully saturated rings. The van der Waals surface area contributed by atoms with E-state index in [0.717, 1.165) is 44.3 Å². The van der Waals surface area contributed by atoms with Gasteiger partial charge in [-0.25, -0.2) is 0 Å². The monoisotopic (exact) mass is 345 g/mol. The van der Waals surface area contributed by atoms with Crippen molar-refractivity contribution in [2.24, 2.45) is 5.41 Å². The molecule has 1 atom stereocenters. The number of ether oxygens (including phenoxy) is 1. The van der Waals surface area contributed by atoms with Crippen molar-refractivity contribution in [3.63, 3.8) is 0 Å². The van der Waals surface area contributed by atoms with Crippen LogP contribution in [0.5, 0.6) is 0 Å². The number of piperidine rings is 1. The summed E-state index contributed by atoms with van der Waals surface area (Å²) in [6.07, 6.45) is 7.01. The fraction of sp³-hybridized carbons (Fsp3) is 0.684. The Labute approximate surface area is 148 Å². The second-order valence-electron chi connectivity index (χ2n) is 7.68. The Kier molecular flexibility index (Phi) is 4.31. The fourth-order valence-corrected chi connectivity index (χ4v) is 4.40. The molecule has 0 N–H and O–H groups in total. The van der Waals surface area contributed by atoms with Gasteiger partial charge in [0.25, 0.3) is 5.91 Å². The number of likely N-dealkylation sites (tertiary alicyclic amines) is 2. The third-order valence-electron chi connectivity index (χ3n) is 5.97. The number of hydrogen-bond donors (Lipinski definition) is 0.